The molecule has 0 atom stereocenters. The van der Waals surface area contributed by atoms with Crippen LogP contribution in [0.25, 0.3) is 16.7 Å². The molecule has 2 fully saturated rings. The van der Waals surface area contributed by atoms with Crippen molar-refractivity contribution in [1.82, 2.24) is 19.4 Å². The van der Waals surface area contributed by atoms with E-state index in [9.17, 15) is 4.79 Å². The maximum absolute atomic E-state index is 12.5. The van der Waals surface area contributed by atoms with Crippen LogP contribution in [-0.4, -0.2) is 63.6 Å². The van der Waals surface area contributed by atoms with Crippen LogP contribution in [-0.2, 0) is 0 Å². The van der Waals surface area contributed by atoms with Gasteiger partial charge >= 0.3 is 0 Å². The highest BCUT2D eigenvalue weighted by molar-refractivity contribution is 5.98. The Morgan fingerprint density at radius 1 is 1.06 bits per heavy atom. The Bertz CT molecular complexity index is 1090. The van der Waals surface area contributed by atoms with Crippen LogP contribution in [0.3, 0.4) is 0 Å². The average Bonchev–Trinajstić information content (AvgIpc) is 3.24. The van der Waals surface area contributed by atoms with Crippen molar-refractivity contribution < 1.29 is 9.53 Å². The largest absolute Gasteiger partial charge is 0.489 e. The van der Waals surface area contributed by atoms with E-state index in [0.29, 0.717) is 6.04 Å². The Balaban J connectivity index is 1.24. The Kier molecular flexibility index (Phi) is 6.36. The quantitative estimate of drug-likeness (QED) is 0.518. The second-order valence-electron chi connectivity index (χ2n) is 9.28. The third-order valence-electron chi connectivity index (χ3n) is 7.29. The molecular weight excluding hydrogens is 412 g/mol. The first-order chi connectivity index (χ1) is 16.2. The summed E-state index contributed by atoms with van der Waals surface area (Å²) < 4.78 is 8.31. The van der Waals surface area contributed by atoms with E-state index in [1.165, 1.54) is 12.8 Å². The maximum atomic E-state index is 12.5. The molecule has 2 aromatic heterocycles. The molecule has 3 aromatic rings. The molecule has 33 heavy (non-hydrogen) atoms. The number of likely N-dealkylation sites (tertiary alicyclic amines) is 2. The minimum absolute atomic E-state index is 0.126. The van der Waals surface area contributed by atoms with E-state index in [1.54, 1.807) is 0 Å². The van der Waals surface area contributed by atoms with Crippen LogP contribution in [0.1, 0.15) is 56.3 Å². The number of hydrogen-bond donors (Lipinski definition) is 0. The van der Waals surface area contributed by atoms with Gasteiger partial charge in [-0.3, -0.25) is 4.79 Å². The van der Waals surface area contributed by atoms with Crippen LogP contribution < -0.4 is 4.74 Å². The van der Waals surface area contributed by atoms with Gasteiger partial charge in [-0.1, -0.05) is 13.8 Å². The molecule has 0 bridgehead atoms. The zero-order valence-corrected chi connectivity index (χ0v) is 19.7. The molecule has 5 rings (SSSR count). The summed E-state index contributed by atoms with van der Waals surface area (Å²) in [7, 11) is 0. The topological polar surface area (TPSA) is 50.6 Å². The van der Waals surface area contributed by atoms with Crippen molar-refractivity contribution in [2.45, 2.75) is 58.1 Å². The summed E-state index contributed by atoms with van der Waals surface area (Å²) in [5.74, 6) is 1.81. The molecule has 1 aromatic carbocycles. The van der Waals surface area contributed by atoms with Gasteiger partial charge in [-0.2, -0.15) is 0 Å². The molecule has 2 aliphatic heterocycles. The third kappa shape index (κ3) is 4.49. The molecule has 6 heteroatoms. The molecular formula is C27H34N4O2. The number of piperidine rings is 1. The van der Waals surface area contributed by atoms with Gasteiger partial charge in [0, 0.05) is 49.4 Å². The lowest BCUT2D eigenvalue weighted by molar-refractivity contribution is 0.0652. The van der Waals surface area contributed by atoms with Gasteiger partial charge in [-0.05, 0) is 68.5 Å². The molecule has 0 saturated carbocycles. The van der Waals surface area contributed by atoms with Crippen molar-refractivity contribution in [3.8, 4) is 11.6 Å². The molecule has 1 amide bonds. The van der Waals surface area contributed by atoms with Crippen molar-refractivity contribution in [3.63, 3.8) is 0 Å². The van der Waals surface area contributed by atoms with Crippen LogP contribution in [0, 0.1) is 0 Å². The SMILES string of the molecule is CCC(CC)N1CCC(Oc2ccc(-n3ccc4cc(C(=O)N5CCC5)ccc43)nc2)CC1. The highest BCUT2D eigenvalue weighted by Crippen LogP contribution is 2.25. The zero-order chi connectivity index (χ0) is 22.8. The molecule has 2 aliphatic rings. The van der Waals surface area contributed by atoms with Crippen molar-refractivity contribution in [2.24, 2.45) is 0 Å². The predicted molar refractivity (Wildman–Crippen MR) is 131 cm³/mol. The number of amides is 1. The highest BCUT2D eigenvalue weighted by Gasteiger charge is 2.24. The fourth-order valence-electron chi connectivity index (χ4n) is 5.12. The molecule has 6 nitrogen and oxygen atoms in total. The standard InChI is InChI=1S/C27H34N4O2/c1-3-22(4-2)29-15-11-23(12-16-29)33-24-7-9-26(28-19-24)31-17-10-20-18-21(6-8-25(20)31)27(32)30-13-5-14-30/h6-10,17-19,22-23H,3-5,11-16H2,1-2H3. The van der Waals surface area contributed by atoms with Gasteiger partial charge in [0.15, 0.2) is 0 Å². The van der Waals surface area contributed by atoms with E-state index < -0.39 is 0 Å². The maximum Gasteiger partial charge on any atom is 0.253 e. The lowest BCUT2D eigenvalue weighted by Crippen LogP contribution is -2.43. The summed E-state index contributed by atoms with van der Waals surface area (Å²) >= 11 is 0. The first-order valence-corrected chi connectivity index (χ1v) is 12.4. The summed E-state index contributed by atoms with van der Waals surface area (Å²) in [4.78, 5) is 21.7. The fraction of sp³-hybridized carbons (Fsp3) is 0.481. The lowest BCUT2D eigenvalue weighted by Gasteiger charge is -2.36. The van der Waals surface area contributed by atoms with Crippen molar-refractivity contribution in [2.75, 3.05) is 26.2 Å². The number of ether oxygens (including phenoxy) is 1. The highest BCUT2D eigenvalue weighted by atomic mass is 16.5. The number of pyridine rings is 1. The van der Waals surface area contributed by atoms with Crippen molar-refractivity contribution >= 4 is 16.8 Å². The summed E-state index contributed by atoms with van der Waals surface area (Å²) in [6, 6.07) is 12.7. The number of rotatable bonds is 7. The van der Waals surface area contributed by atoms with Crippen LogP contribution >= 0.6 is 0 Å². The van der Waals surface area contributed by atoms with E-state index in [-0.39, 0.29) is 12.0 Å². The normalized spacial score (nSPS) is 17.5. The minimum atomic E-state index is 0.126. The monoisotopic (exact) mass is 446 g/mol. The summed E-state index contributed by atoms with van der Waals surface area (Å²) in [5, 5.41) is 1.05. The zero-order valence-electron chi connectivity index (χ0n) is 19.7. The van der Waals surface area contributed by atoms with Gasteiger partial charge in [0.25, 0.3) is 5.91 Å². The summed E-state index contributed by atoms with van der Waals surface area (Å²) in [6.07, 6.45) is 9.79. The van der Waals surface area contributed by atoms with Gasteiger partial charge < -0.3 is 19.1 Å². The molecule has 2 saturated heterocycles. The number of fused-ring (bicyclic) bond motifs is 1. The van der Waals surface area contributed by atoms with Gasteiger partial charge in [0.05, 0.1) is 11.7 Å². The van der Waals surface area contributed by atoms with Gasteiger partial charge in [-0.15, -0.1) is 0 Å². The first-order valence-electron chi connectivity index (χ1n) is 12.4. The van der Waals surface area contributed by atoms with Gasteiger partial charge in [0.1, 0.15) is 17.7 Å². The smallest absolute Gasteiger partial charge is 0.253 e. The molecule has 174 valence electrons. The molecule has 0 N–H and O–H groups in total. The second kappa shape index (κ2) is 9.56. The number of benzene rings is 1. The molecule has 4 heterocycles. The second-order valence-corrected chi connectivity index (χ2v) is 9.28. The molecule has 0 spiro atoms. The van der Waals surface area contributed by atoms with Crippen molar-refractivity contribution in [3.05, 3.63) is 54.4 Å². The van der Waals surface area contributed by atoms with Crippen LogP contribution in [0.15, 0.2) is 48.8 Å². The number of carbonyl (C=O) groups excluding carboxylic acids is 1. The Morgan fingerprint density at radius 2 is 1.85 bits per heavy atom. The summed E-state index contributed by atoms with van der Waals surface area (Å²) in [6.45, 7) is 8.52. The first kappa shape index (κ1) is 22.0. The van der Waals surface area contributed by atoms with E-state index in [0.717, 1.165) is 73.5 Å². The van der Waals surface area contributed by atoms with Crippen LogP contribution in [0.4, 0.5) is 0 Å². The Hall–Kier alpha value is -2.86. The van der Waals surface area contributed by atoms with Crippen LogP contribution in [0.5, 0.6) is 5.75 Å². The van der Waals surface area contributed by atoms with Gasteiger partial charge in [-0.25, -0.2) is 4.98 Å². The predicted octanol–water partition coefficient (Wildman–Crippen LogP) is 4.90. The number of nitrogens with zero attached hydrogens (tertiary/aromatic N) is 4. The number of aromatic nitrogens is 2. The third-order valence-corrected chi connectivity index (χ3v) is 7.29. The fourth-order valence-corrected chi connectivity index (χ4v) is 5.12. The Morgan fingerprint density at radius 3 is 2.48 bits per heavy atom. The average molecular weight is 447 g/mol. The molecule has 0 unspecified atom stereocenters. The molecule has 0 radical (unpaired) electrons. The number of hydrogen-bond acceptors (Lipinski definition) is 4. The van der Waals surface area contributed by atoms with E-state index in [2.05, 4.69) is 28.3 Å². The van der Waals surface area contributed by atoms with Crippen molar-refractivity contribution in [1.29, 1.82) is 0 Å². The minimum Gasteiger partial charge on any atom is -0.489 e. The van der Waals surface area contributed by atoms with Gasteiger partial charge in [0.2, 0.25) is 0 Å². The van der Waals surface area contributed by atoms with Crippen LogP contribution in [0.2, 0.25) is 0 Å². The Labute approximate surface area is 196 Å². The summed E-state index contributed by atoms with van der Waals surface area (Å²) in [5.41, 5.74) is 1.80. The molecule has 0 aliphatic carbocycles. The lowest BCUT2D eigenvalue weighted by atomic mass is 10.0. The van der Waals surface area contributed by atoms with E-state index in [1.807, 2.05) is 53.7 Å². The number of carbonyl (C=O) groups is 1. The van der Waals surface area contributed by atoms with E-state index >= 15 is 0 Å². The van der Waals surface area contributed by atoms with E-state index in [4.69, 9.17) is 4.74 Å².